The molecule has 0 radical (unpaired) electrons. The van der Waals surface area contributed by atoms with Crippen molar-refractivity contribution in [3.8, 4) is 0 Å². The third-order valence-corrected chi connectivity index (χ3v) is 6.21. The fraction of sp³-hybridized carbons (Fsp3) is 0.571. The Hall–Kier alpha value is -0.720. The maximum atomic E-state index is 12.6. The second-order valence-corrected chi connectivity index (χ2v) is 7.98. The van der Waals surface area contributed by atoms with Crippen LogP contribution in [0.5, 0.6) is 0 Å². The summed E-state index contributed by atoms with van der Waals surface area (Å²) < 4.78 is 26.7. The van der Waals surface area contributed by atoms with Crippen LogP contribution < -0.4 is 5.32 Å². The van der Waals surface area contributed by atoms with Gasteiger partial charge >= 0.3 is 0 Å². The number of nitrogens with zero attached hydrogens (tertiary/aromatic N) is 1. The van der Waals surface area contributed by atoms with Crippen molar-refractivity contribution in [3.63, 3.8) is 0 Å². The van der Waals surface area contributed by atoms with E-state index in [2.05, 4.69) is 12.2 Å². The fourth-order valence-electron chi connectivity index (χ4n) is 2.13. The second-order valence-electron chi connectivity index (χ2n) is 4.82. The SMILES string of the molecule is CCCNc1ccc(S(=O)(=O)N2CCCSCC2)cc1. The van der Waals surface area contributed by atoms with Gasteiger partial charge in [0, 0.05) is 31.1 Å². The first-order chi connectivity index (χ1) is 9.64. The minimum absolute atomic E-state index is 0.395. The number of anilines is 1. The van der Waals surface area contributed by atoms with Crippen LogP contribution in [-0.2, 0) is 10.0 Å². The summed E-state index contributed by atoms with van der Waals surface area (Å²) in [5, 5.41) is 3.25. The summed E-state index contributed by atoms with van der Waals surface area (Å²) in [6.07, 6.45) is 1.98. The van der Waals surface area contributed by atoms with Crippen LogP contribution in [-0.4, -0.2) is 43.9 Å². The number of nitrogens with one attached hydrogen (secondary N) is 1. The topological polar surface area (TPSA) is 49.4 Å². The van der Waals surface area contributed by atoms with Crippen molar-refractivity contribution in [1.29, 1.82) is 0 Å². The minimum atomic E-state index is -3.33. The molecule has 0 aromatic heterocycles. The van der Waals surface area contributed by atoms with Gasteiger partial charge in [-0.25, -0.2) is 8.42 Å². The molecule has 0 aliphatic carbocycles. The van der Waals surface area contributed by atoms with Crippen LogP contribution in [0.2, 0.25) is 0 Å². The molecule has 4 nitrogen and oxygen atoms in total. The Kier molecular flexibility index (Phi) is 5.74. The predicted octanol–water partition coefficient (Wildman–Crippen LogP) is 2.64. The molecule has 1 heterocycles. The van der Waals surface area contributed by atoms with E-state index in [-0.39, 0.29) is 0 Å². The number of sulfonamides is 1. The van der Waals surface area contributed by atoms with Gasteiger partial charge < -0.3 is 5.32 Å². The zero-order valence-electron chi connectivity index (χ0n) is 11.8. The summed E-state index contributed by atoms with van der Waals surface area (Å²) in [5.41, 5.74) is 0.970. The predicted molar refractivity (Wildman–Crippen MR) is 85.9 cm³/mol. The van der Waals surface area contributed by atoms with E-state index >= 15 is 0 Å². The average molecular weight is 314 g/mol. The standard InChI is InChI=1S/C14H22N2O2S2/c1-2-8-15-13-4-6-14(7-5-13)20(17,18)16-9-3-11-19-12-10-16/h4-7,15H,2-3,8-12H2,1H3. The van der Waals surface area contributed by atoms with Gasteiger partial charge in [0.05, 0.1) is 4.90 Å². The van der Waals surface area contributed by atoms with Crippen molar-refractivity contribution in [3.05, 3.63) is 24.3 Å². The summed E-state index contributed by atoms with van der Waals surface area (Å²) in [4.78, 5) is 0.395. The van der Waals surface area contributed by atoms with Gasteiger partial charge in [-0.1, -0.05) is 6.92 Å². The van der Waals surface area contributed by atoms with Gasteiger partial charge in [0.15, 0.2) is 0 Å². The third-order valence-electron chi connectivity index (χ3n) is 3.25. The Labute approximate surface area is 126 Å². The first-order valence-corrected chi connectivity index (χ1v) is 9.66. The number of hydrogen-bond donors (Lipinski definition) is 1. The van der Waals surface area contributed by atoms with Crippen LogP contribution in [0.4, 0.5) is 5.69 Å². The van der Waals surface area contributed by atoms with Gasteiger partial charge in [-0.15, -0.1) is 0 Å². The Bertz CT molecular complexity index is 506. The molecule has 1 N–H and O–H groups in total. The van der Waals surface area contributed by atoms with Crippen LogP contribution in [0, 0.1) is 0 Å². The summed E-state index contributed by atoms with van der Waals surface area (Å²) in [6, 6.07) is 7.08. The van der Waals surface area contributed by atoms with E-state index in [1.807, 2.05) is 23.9 Å². The molecule has 0 amide bonds. The zero-order chi connectivity index (χ0) is 14.4. The molecule has 1 aliphatic heterocycles. The number of thioether (sulfide) groups is 1. The van der Waals surface area contributed by atoms with Crippen molar-refractivity contribution in [2.45, 2.75) is 24.7 Å². The molecule has 0 spiro atoms. The number of rotatable bonds is 5. The molecule has 1 aliphatic rings. The summed E-state index contributed by atoms with van der Waals surface area (Å²) in [6.45, 7) is 4.24. The fourth-order valence-corrected chi connectivity index (χ4v) is 4.61. The molecule has 112 valence electrons. The van der Waals surface area contributed by atoms with Gasteiger partial charge in [0.1, 0.15) is 0 Å². The maximum absolute atomic E-state index is 12.6. The molecule has 6 heteroatoms. The molecule has 0 bridgehead atoms. The van der Waals surface area contributed by atoms with E-state index in [9.17, 15) is 8.42 Å². The van der Waals surface area contributed by atoms with Crippen LogP contribution >= 0.6 is 11.8 Å². The van der Waals surface area contributed by atoms with Crippen LogP contribution in [0.15, 0.2) is 29.2 Å². The van der Waals surface area contributed by atoms with E-state index < -0.39 is 10.0 Å². The smallest absolute Gasteiger partial charge is 0.243 e. The zero-order valence-corrected chi connectivity index (χ0v) is 13.5. The van der Waals surface area contributed by atoms with Gasteiger partial charge in [-0.3, -0.25) is 0 Å². The molecule has 1 saturated heterocycles. The Balaban J connectivity index is 2.12. The lowest BCUT2D eigenvalue weighted by Gasteiger charge is -2.19. The van der Waals surface area contributed by atoms with Crippen LogP contribution in [0.25, 0.3) is 0 Å². The monoisotopic (exact) mass is 314 g/mol. The molecule has 0 saturated carbocycles. The summed E-state index contributed by atoms with van der Waals surface area (Å²) in [7, 11) is -3.33. The Morgan fingerprint density at radius 2 is 1.95 bits per heavy atom. The van der Waals surface area contributed by atoms with E-state index in [0.29, 0.717) is 18.0 Å². The van der Waals surface area contributed by atoms with Crippen LogP contribution in [0.1, 0.15) is 19.8 Å². The van der Waals surface area contributed by atoms with E-state index in [0.717, 1.165) is 36.6 Å². The molecule has 0 atom stereocenters. The Morgan fingerprint density at radius 3 is 2.65 bits per heavy atom. The largest absolute Gasteiger partial charge is 0.385 e. The molecular weight excluding hydrogens is 292 g/mol. The number of benzene rings is 1. The van der Waals surface area contributed by atoms with Gasteiger partial charge in [-0.05, 0) is 42.9 Å². The van der Waals surface area contributed by atoms with Crippen molar-refractivity contribution < 1.29 is 8.42 Å². The summed E-state index contributed by atoms with van der Waals surface area (Å²) in [5.74, 6) is 1.93. The normalized spacial score (nSPS) is 17.6. The minimum Gasteiger partial charge on any atom is -0.385 e. The van der Waals surface area contributed by atoms with E-state index in [1.165, 1.54) is 0 Å². The molecule has 20 heavy (non-hydrogen) atoms. The van der Waals surface area contributed by atoms with Gasteiger partial charge in [-0.2, -0.15) is 16.1 Å². The average Bonchev–Trinajstić information content (AvgIpc) is 2.75. The first-order valence-electron chi connectivity index (χ1n) is 7.06. The van der Waals surface area contributed by atoms with Gasteiger partial charge in [0.2, 0.25) is 10.0 Å². The highest BCUT2D eigenvalue weighted by molar-refractivity contribution is 7.99. The van der Waals surface area contributed by atoms with Crippen LogP contribution in [0.3, 0.4) is 0 Å². The molecule has 0 unspecified atom stereocenters. The highest BCUT2D eigenvalue weighted by Gasteiger charge is 2.24. The third kappa shape index (κ3) is 3.90. The number of hydrogen-bond acceptors (Lipinski definition) is 4. The lowest BCUT2D eigenvalue weighted by Crippen LogP contribution is -2.32. The van der Waals surface area contributed by atoms with Crippen molar-refractivity contribution >= 4 is 27.5 Å². The molecular formula is C14H22N2O2S2. The lowest BCUT2D eigenvalue weighted by atomic mass is 10.3. The van der Waals surface area contributed by atoms with E-state index in [1.54, 1.807) is 16.4 Å². The van der Waals surface area contributed by atoms with Crippen molar-refractivity contribution in [2.75, 3.05) is 36.5 Å². The lowest BCUT2D eigenvalue weighted by molar-refractivity contribution is 0.435. The molecule has 2 rings (SSSR count). The van der Waals surface area contributed by atoms with E-state index in [4.69, 9.17) is 0 Å². The molecule has 1 fully saturated rings. The van der Waals surface area contributed by atoms with Gasteiger partial charge in [0.25, 0.3) is 0 Å². The second kappa shape index (κ2) is 7.33. The Morgan fingerprint density at radius 1 is 1.20 bits per heavy atom. The highest BCUT2D eigenvalue weighted by atomic mass is 32.2. The van der Waals surface area contributed by atoms with Crippen molar-refractivity contribution in [1.82, 2.24) is 4.31 Å². The van der Waals surface area contributed by atoms with Crippen molar-refractivity contribution in [2.24, 2.45) is 0 Å². The summed E-state index contributed by atoms with van der Waals surface area (Å²) >= 11 is 1.83. The quantitative estimate of drug-likeness (QED) is 0.908. The first kappa shape index (κ1) is 15.7. The molecule has 1 aromatic carbocycles. The highest BCUT2D eigenvalue weighted by Crippen LogP contribution is 2.21. The maximum Gasteiger partial charge on any atom is 0.243 e. The molecule has 1 aromatic rings.